The van der Waals surface area contributed by atoms with Crippen molar-refractivity contribution in [3.05, 3.63) is 63.6 Å². The van der Waals surface area contributed by atoms with Crippen molar-refractivity contribution in [1.29, 1.82) is 0 Å². The average molecular weight is 338 g/mol. The van der Waals surface area contributed by atoms with Gasteiger partial charge in [0.15, 0.2) is 0 Å². The van der Waals surface area contributed by atoms with Gasteiger partial charge in [0.05, 0.1) is 6.04 Å². The molecule has 1 aliphatic carbocycles. The topological polar surface area (TPSA) is 12.0 Å². The van der Waals surface area contributed by atoms with Crippen molar-refractivity contribution in [3.63, 3.8) is 0 Å². The van der Waals surface area contributed by atoms with Gasteiger partial charge in [0, 0.05) is 4.47 Å². The predicted octanol–water partition coefficient (Wildman–Crippen LogP) is 5.22. The highest BCUT2D eigenvalue weighted by molar-refractivity contribution is 9.10. The smallest absolute Gasteiger partial charge is 0.150 e. The van der Waals surface area contributed by atoms with Gasteiger partial charge in [0.1, 0.15) is 17.3 Å². The summed E-state index contributed by atoms with van der Waals surface area (Å²) >= 11 is 3.09. The number of hydrogen-bond donors (Lipinski definition) is 1. The Morgan fingerprint density at radius 1 is 1.10 bits per heavy atom. The molecule has 0 amide bonds. The minimum absolute atomic E-state index is 0.0369. The number of hydrogen-bond acceptors (Lipinski definition) is 1. The Kier molecular flexibility index (Phi) is 3.74. The summed E-state index contributed by atoms with van der Waals surface area (Å²) in [7, 11) is 0. The number of benzene rings is 2. The Morgan fingerprint density at radius 2 is 1.80 bits per heavy atom. The van der Waals surface area contributed by atoms with Gasteiger partial charge in [0.2, 0.25) is 0 Å². The summed E-state index contributed by atoms with van der Waals surface area (Å²) in [5.74, 6) is -1.14. The number of rotatable bonds is 2. The SMILES string of the molecule is Fc1cc(Br)cc(F)c1NC1CCCc2ccccc21. The van der Waals surface area contributed by atoms with Crippen LogP contribution in [-0.4, -0.2) is 0 Å². The van der Waals surface area contributed by atoms with E-state index in [1.165, 1.54) is 17.7 Å². The van der Waals surface area contributed by atoms with E-state index in [1.807, 2.05) is 18.2 Å². The number of fused-ring (bicyclic) bond motifs is 1. The van der Waals surface area contributed by atoms with E-state index < -0.39 is 11.6 Å². The molecule has 0 saturated carbocycles. The molecule has 0 aromatic heterocycles. The molecule has 2 aromatic rings. The molecular formula is C16H14BrF2N. The van der Waals surface area contributed by atoms with Crippen LogP contribution in [0.25, 0.3) is 0 Å². The maximum absolute atomic E-state index is 13.9. The van der Waals surface area contributed by atoms with Gasteiger partial charge in [-0.1, -0.05) is 40.2 Å². The van der Waals surface area contributed by atoms with Crippen molar-refractivity contribution in [3.8, 4) is 0 Å². The second-order valence-corrected chi connectivity index (χ2v) is 5.95. The number of anilines is 1. The van der Waals surface area contributed by atoms with Crippen LogP contribution in [0.15, 0.2) is 40.9 Å². The van der Waals surface area contributed by atoms with E-state index in [4.69, 9.17) is 0 Å². The molecular weight excluding hydrogens is 324 g/mol. The quantitative estimate of drug-likeness (QED) is 0.792. The highest BCUT2D eigenvalue weighted by Gasteiger charge is 2.22. The molecule has 20 heavy (non-hydrogen) atoms. The Hall–Kier alpha value is -1.42. The molecule has 0 heterocycles. The van der Waals surface area contributed by atoms with Crippen LogP contribution < -0.4 is 5.32 Å². The van der Waals surface area contributed by atoms with Crippen LogP contribution in [0.1, 0.15) is 30.0 Å². The third-order valence-electron chi connectivity index (χ3n) is 3.69. The maximum Gasteiger partial charge on any atom is 0.150 e. The zero-order chi connectivity index (χ0) is 14.1. The second kappa shape index (κ2) is 5.52. The zero-order valence-electron chi connectivity index (χ0n) is 10.8. The predicted molar refractivity (Wildman–Crippen MR) is 79.8 cm³/mol. The van der Waals surface area contributed by atoms with Gasteiger partial charge in [-0.05, 0) is 42.5 Å². The normalized spacial score (nSPS) is 17.6. The Bertz CT molecular complexity index is 619. The molecule has 2 aromatic carbocycles. The van der Waals surface area contributed by atoms with Gasteiger partial charge in [-0.3, -0.25) is 0 Å². The first-order valence-corrected chi connectivity index (χ1v) is 7.43. The minimum atomic E-state index is -0.570. The standard InChI is InChI=1S/C16H14BrF2N/c17-11-8-13(18)16(14(19)9-11)20-15-7-3-5-10-4-1-2-6-12(10)15/h1-2,4,6,8-9,15,20H,3,5,7H2. The van der Waals surface area contributed by atoms with E-state index in [0.29, 0.717) is 4.47 Å². The van der Waals surface area contributed by atoms with Crippen LogP contribution in [0.3, 0.4) is 0 Å². The number of aryl methyl sites for hydroxylation is 1. The van der Waals surface area contributed by atoms with Crippen molar-refractivity contribution in [2.75, 3.05) is 5.32 Å². The van der Waals surface area contributed by atoms with E-state index in [2.05, 4.69) is 27.3 Å². The molecule has 0 saturated heterocycles. The van der Waals surface area contributed by atoms with Gasteiger partial charge in [-0.2, -0.15) is 0 Å². The third kappa shape index (κ3) is 2.57. The molecule has 1 unspecified atom stereocenters. The van der Waals surface area contributed by atoms with Gasteiger partial charge in [-0.15, -0.1) is 0 Å². The lowest BCUT2D eigenvalue weighted by atomic mass is 9.87. The summed E-state index contributed by atoms with van der Waals surface area (Å²) in [6, 6.07) is 10.6. The summed E-state index contributed by atoms with van der Waals surface area (Å²) in [6.07, 6.45) is 2.93. The van der Waals surface area contributed by atoms with Crippen molar-refractivity contribution in [1.82, 2.24) is 0 Å². The van der Waals surface area contributed by atoms with E-state index in [-0.39, 0.29) is 11.7 Å². The Morgan fingerprint density at radius 3 is 2.55 bits per heavy atom. The summed E-state index contributed by atoms with van der Waals surface area (Å²) in [5, 5.41) is 3.03. The monoisotopic (exact) mass is 337 g/mol. The van der Waals surface area contributed by atoms with Crippen molar-refractivity contribution in [2.24, 2.45) is 0 Å². The van der Waals surface area contributed by atoms with Gasteiger partial charge in [-0.25, -0.2) is 8.78 Å². The Balaban J connectivity index is 1.94. The molecule has 104 valence electrons. The molecule has 0 spiro atoms. The minimum Gasteiger partial charge on any atom is -0.373 e. The van der Waals surface area contributed by atoms with Gasteiger partial charge < -0.3 is 5.32 Å². The van der Waals surface area contributed by atoms with Crippen LogP contribution in [0.2, 0.25) is 0 Å². The Labute approximate surface area is 125 Å². The number of halogens is 3. The first-order valence-electron chi connectivity index (χ1n) is 6.64. The fourth-order valence-corrected chi connectivity index (χ4v) is 3.16. The fourth-order valence-electron chi connectivity index (χ4n) is 2.76. The van der Waals surface area contributed by atoms with Gasteiger partial charge in [0.25, 0.3) is 0 Å². The molecule has 0 radical (unpaired) electrons. The summed E-state index contributed by atoms with van der Waals surface area (Å²) < 4.78 is 28.2. The van der Waals surface area contributed by atoms with E-state index in [9.17, 15) is 8.78 Å². The molecule has 4 heteroatoms. The molecule has 1 N–H and O–H groups in total. The molecule has 1 aliphatic rings. The first kappa shape index (κ1) is 13.6. The molecule has 0 bridgehead atoms. The van der Waals surface area contributed by atoms with Crippen molar-refractivity contribution >= 4 is 21.6 Å². The van der Waals surface area contributed by atoms with Crippen LogP contribution in [0, 0.1) is 11.6 Å². The lowest BCUT2D eigenvalue weighted by Crippen LogP contribution is -2.18. The van der Waals surface area contributed by atoms with E-state index >= 15 is 0 Å². The summed E-state index contributed by atoms with van der Waals surface area (Å²) in [4.78, 5) is 0. The lowest BCUT2D eigenvalue weighted by molar-refractivity contribution is 0.561. The first-order chi connectivity index (χ1) is 9.65. The molecule has 1 nitrogen and oxygen atoms in total. The average Bonchev–Trinajstić information content (AvgIpc) is 2.43. The van der Waals surface area contributed by atoms with Gasteiger partial charge >= 0.3 is 0 Å². The summed E-state index contributed by atoms with van der Waals surface area (Å²) in [5.41, 5.74) is 2.35. The molecule has 1 atom stereocenters. The lowest BCUT2D eigenvalue weighted by Gasteiger charge is -2.27. The van der Waals surface area contributed by atoms with Crippen LogP contribution in [0.4, 0.5) is 14.5 Å². The highest BCUT2D eigenvalue weighted by Crippen LogP contribution is 2.34. The number of nitrogens with one attached hydrogen (secondary N) is 1. The molecule has 3 rings (SSSR count). The molecule has 0 fully saturated rings. The van der Waals surface area contributed by atoms with E-state index in [1.54, 1.807) is 0 Å². The third-order valence-corrected chi connectivity index (χ3v) is 4.15. The largest absolute Gasteiger partial charge is 0.373 e. The van der Waals surface area contributed by atoms with Crippen LogP contribution in [-0.2, 0) is 6.42 Å². The molecule has 0 aliphatic heterocycles. The van der Waals surface area contributed by atoms with E-state index in [0.717, 1.165) is 24.8 Å². The summed E-state index contributed by atoms with van der Waals surface area (Å²) in [6.45, 7) is 0. The maximum atomic E-state index is 13.9. The van der Waals surface area contributed by atoms with Crippen molar-refractivity contribution < 1.29 is 8.78 Å². The highest BCUT2D eigenvalue weighted by atomic mass is 79.9. The van der Waals surface area contributed by atoms with Crippen LogP contribution in [0.5, 0.6) is 0 Å². The van der Waals surface area contributed by atoms with Crippen molar-refractivity contribution in [2.45, 2.75) is 25.3 Å². The fraction of sp³-hybridized carbons (Fsp3) is 0.250. The van der Waals surface area contributed by atoms with Crippen LogP contribution >= 0.6 is 15.9 Å². The second-order valence-electron chi connectivity index (χ2n) is 5.03. The zero-order valence-corrected chi connectivity index (χ0v) is 12.4.